The summed E-state index contributed by atoms with van der Waals surface area (Å²) in [5.41, 5.74) is 8.67. The van der Waals surface area contributed by atoms with Gasteiger partial charge >= 0.3 is 5.97 Å². The highest BCUT2D eigenvalue weighted by atomic mass is 16.5. The van der Waals surface area contributed by atoms with Crippen LogP contribution >= 0.6 is 0 Å². The molecule has 0 spiro atoms. The second-order valence-corrected chi connectivity index (χ2v) is 3.84. The number of esters is 1. The number of benzene rings is 1. The predicted molar refractivity (Wildman–Crippen MR) is 70.3 cm³/mol. The number of hydrogen-bond donors (Lipinski definition) is 3. The van der Waals surface area contributed by atoms with Crippen molar-refractivity contribution < 1.29 is 9.53 Å². The minimum absolute atomic E-state index is 0.377. The Hall–Kier alpha value is -2.43. The van der Waals surface area contributed by atoms with Gasteiger partial charge in [-0.3, -0.25) is 0 Å². The lowest BCUT2D eigenvalue weighted by Crippen LogP contribution is -2.06. The minimum atomic E-state index is -0.377. The Morgan fingerprint density at radius 1 is 1.44 bits per heavy atom. The van der Waals surface area contributed by atoms with Gasteiger partial charge in [0.2, 0.25) is 0 Å². The number of ether oxygens (including phenoxy) is 1. The molecule has 5 nitrogen and oxygen atoms in total. The highest BCUT2D eigenvalue weighted by molar-refractivity contribution is 5.91. The van der Waals surface area contributed by atoms with E-state index >= 15 is 0 Å². The summed E-state index contributed by atoms with van der Waals surface area (Å²) in [5, 5.41) is 3.17. The molecule has 0 saturated heterocycles. The van der Waals surface area contributed by atoms with Gasteiger partial charge in [0, 0.05) is 11.9 Å². The van der Waals surface area contributed by atoms with Crippen LogP contribution in [0.5, 0.6) is 0 Å². The van der Waals surface area contributed by atoms with Gasteiger partial charge < -0.3 is 20.8 Å². The molecule has 18 heavy (non-hydrogen) atoms. The maximum Gasteiger partial charge on any atom is 0.337 e. The molecule has 0 aliphatic heterocycles. The molecule has 1 heterocycles. The highest BCUT2D eigenvalue weighted by Crippen LogP contribution is 2.21. The van der Waals surface area contributed by atoms with Crippen LogP contribution in [0.15, 0.2) is 36.5 Å². The molecule has 0 unspecified atom stereocenters. The summed E-state index contributed by atoms with van der Waals surface area (Å²) >= 11 is 0. The summed E-state index contributed by atoms with van der Waals surface area (Å²) in [6.07, 6.45) is 1.85. The molecule has 1 aromatic carbocycles. The van der Waals surface area contributed by atoms with Crippen molar-refractivity contribution in [2.45, 2.75) is 6.54 Å². The Kier molecular flexibility index (Phi) is 3.52. The lowest BCUT2D eigenvalue weighted by molar-refractivity contribution is 0.0601. The van der Waals surface area contributed by atoms with Crippen LogP contribution in [0.1, 0.15) is 16.1 Å². The number of carbonyl (C=O) groups is 1. The van der Waals surface area contributed by atoms with Crippen LogP contribution in [-0.2, 0) is 11.3 Å². The maximum absolute atomic E-state index is 11.4. The van der Waals surface area contributed by atoms with Gasteiger partial charge in [0.1, 0.15) is 0 Å². The van der Waals surface area contributed by atoms with Crippen molar-refractivity contribution >= 4 is 17.3 Å². The summed E-state index contributed by atoms with van der Waals surface area (Å²) in [5.74, 6) is -0.377. The molecule has 94 valence electrons. The first-order chi connectivity index (χ1) is 8.70. The normalized spacial score (nSPS) is 10.1. The standard InChI is InChI=1S/C13H15N3O2/c1-18-13(17)9-4-5-11(14)12(7-9)16-8-10-3-2-6-15-10/h2-7,15-16H,8,14H2,1H3. The molecule has 5 heteroatoms. The lowest BCUT2D eigenvalue weighted by atomic mass is 10.1. The fraction of sp³-hybridized carbons (Fsp3) is 0.154. The van der Waals surface area contributed by atoms with Gasteiger partial charge in [-0.15, -0.1) is 0 Å². The first kappa shape index (κ1) is 12.0. The van der Waals surface area contributed by atoms with Crippen LogP contribution < -0.4 is 11.1 Å². The molecule has 2 rings (SSSR count). The van der Waals surface area contributed by atoms with Gasteiger partial charge in [0.25, 0.3) is 0 Å². The van der Waals surface area contributed by atoms with E-state index in [0.717, 1.165) is 5.69 Å². The third kappa shape index (κ3) is 2.63. The molecule has 0 atom stereocenters. The van der Waals surface area contributed by atoms with Crippen molar-refractivity contribution in [3.05, 3.63) is 47.8 Å². The molecule has 4 N–H and O–H groups in total. The van der Waals surface area contributed by atoms with Crippen LogP contribution in [0.3, 0.4) is 0 Å². The average molecular weight is 245 g/mol. The Labute approximate surface area is 105 Å². The Balaban J connectivity index is 2.13. The number of anilines is 2. The second-order valence-electron chi connectivity index (χ2n) is 3.84. The van der Waals surface area contributed by atoms with Crippen LogP contribution in [0.25, 0.3) is 0 Å². The lowest BCUT2D eigenvalue weighted by Gasteiger charge is -2.10. The Bertz CT molecular complexity index is 535. The fourth-order valence-corrected chi connectivity index (χ4v) is 1.62. The first-order valence-corrected chi connectivity index (χ1v) is 5.54. The number of nitrogens with two attached hydrogens (primary N) is 1. The zero-order valence-corrected chi connectivity index (χ0v) is 10.1. The van der Waals surface area contributed by atoms with E-state index in [1.165, 1.54) is 7.11 Å². The molecule has 0 fully saturated rings. The molecule has 0 amide bonds. The van der Waals surface area contributed by atoms with Crippen LogP contribution in [0.2, 0.25) is 0 Å². The molecule has 0 aliphatic carbocycles. The van der Waals surface area contributed by atoms with Crippen LogP contribution in [-0.4, -0.2) is 18.1 Å². The Morgan fingerprint density at radius 3 is 2.94 bits per heavy atom. The van der Waals surface area contributed by atoms with E-state index in [0.29, 0.717) is 23.5 Å². The van der Waals surface area contributed by atoms with Gasteiger partial charge in [0.15, 0.2) is 0 Å². The number of aromatic nitrogens is 1. The average Bonchev–Trinajstić information content (AvgIpc) is 2.90. The van der Waals surface area contributed by atoms with E-state index in [4.69, 9.17) is 5.73 Å². The van der Waals surface area contributed by atoms with Crippen molar-refractivity contribution in [1.29, 1.82) is 0 Å². The quantitative estimate of drug-likeness (QED) is 0.568. The largest absolute Gasteiger partial charge is 0.465 e. The fourth-order valence-electron chi connectivity index (χ4n) is 1.62. The molecule has 2 aromatic rings. The number of rotatable bonds is 4. The number of hydrogen-bond acceptors (Lipinski definition) is 4. The minimum Gasteiger partial charge on any atom is -0.465 e. The van der Waals surface area contributed by atoms with Gasteiger partial charge in [-0.2, -0.15) is 0 Å². The molecular weight excluding hydrogens is 230 g/mol. The molecule has 0 bridgehead atoms. The van der Waals surface area contributed by atoms with Crippen LogP contribution in [0.4, 0.5) is 11.4 Å². The third-order valence-electron chi connectivity index (χ3n) is 2.61. The number of H-pyrrole nitrogens is 1. The smallest absolute Gasteiger partial charge is 0.337 e. The topological polar surface area (TPSA) is 80.1 Å². The van der Waals surface area contributed by atoms with Gasteiger partial charge in [-0.05, 0) is 30.3 Å². The summed E-state index contributed by atoms with van der Waals surface area (Å²) in [6.45, 7) is 0.613. The van der Waals surface area contributed by atoms with E-state index in [2.05, 4.69) is 15.0 Å². The second kappa shape index (κ2) is 5.27. The van der Waals surface area contributed by atoms with E-state index < -0.39 is 0 Å². The third-order valence-corrected chi connectivity index (χ3v) is 2.61. The monoisotopic (exact) mass is 245 g/mol. The zero-order valence-electron chi connectivity index (χ0n) is 10.1. The highest BCUT2D eigenvalue weighted by Gasteiger charge is 2.08. The number of methoxy groups -OCH3 is 1. The van der Waals surface area contributed by atoms with E-state index in [1.54, 1.807) is 18.2 Å². The summed E-state index contributed by atoms with van der Waals surface area (Å²) < 4.78 is 4.67. The molecule has 1 aromatic heterocycles. The van der Waals surface area contributed by atoms with Gasteiger partial charge in [-0.1, -0.05) is 0 Å². The number of nitrogens with one attached hydrogen (secondary N) is 2. The van der Waals surface area contributed by atoms with Crippen molar-refractivity contribution in [1.82, 2.24) is 4.98 Å². The molecule has 0 aliphatic rings. The van der Waals surface area contributed by atoms with Crippen molar-refractivity contribution in [3.63, 3.8) is 0 Å². The van der Waals surface area contributed by atoms with E-state index in [9.17, 15) is 4.79 Å². The number of carbonyl (C=O) groups excluding carboxylic acids is 1. The molecule has 0 radical (unpaired) electrons. The van der Waals surface area contributed by atoms with Gasteiger partial charge in [0.05, 0.1) is 30.6 Å². The van der Waals surface area contributed by atoms with Crippen molar-refractivity contribution in [2.24, 2.45) is 0 Å². The van der Waals surface area contributed by atoms with Crippen molar-refractivity contribution in [2.75, 3.05) is 18.2 Å². The summed E-state index contributed by atoms with van der Waals surface area (Å²) in [4.78, 5) is 14.5. The molecular formula is C13H15N3O2. The Morgan fingerprint density at radius 2 is 2.28 bits per heavy atom. The SMILES string of the molecule is COC(=O)c1ccc(N)c(NCc2ccc[nH]2)c1. The van der Waals surface area contributed by atoms with Gasteiger partial charge in [-0.25, -0.2) is 4.79 Å². The number of aromatic amines is 1. The first-order valence-electron chi connectivity index (χ1n) is 5.54. The molecule has 0 saturated carbocycles. The van der Waals surface area contributed by atoms with Crippen LogP contribution in [0, 0.1) is 0 Å². The zero-order chi connectivity index (χ0) is 13.0. The summed E-state index contributed by atoms with van der Waals surface area (Å²) in [7, 11) is 1.35. The maximum atomic E-state index is 11.4. The van der Waals surface area contributed by atoms with Crippen molar-refractivity contribution in [3.8, 4) is 0 Å². The summed E-state index contributed by atoms with van der Waals surface area (Å²) in [6, 6.07) is 8.90. The van der Waals surface area contributed by atoms with E-state index in [1.807, 2.05) is 18.3 Å². The number of nitrogen functional groups attached to an aromatic ring is 1. The van der Waals surface area contributed by atoms with E-state index in [-0.39, 0.29) is 5.97 Å². The predicted octanol–water partition coefficient (Wildman–Crippen LogP) is 2.00.